The minimum absolute atomic E-state index is 0. The smallest absolute Gasteiger partial charge is 0.133 e. The molecule has 1 saturated carbocycles. The second kappa shape index (κ2) is 8.22. The summed E-state index contributed by atoms with van der Waals surface area (Å²) >= 11 is 3.43. The van der Waals surface area contributed by atoms with Crippen LogP contribution in [0, 0.1) is 5.92 Å². The van der Waals surface area contributed by atoms with Gasteiger partial charge in [0.05, 0.1) is 30.8 Å². The number of benzene rings is 1. The quantitative estimate of drug-likeness (QED) is 0.821. The molecular weight excluding hydrogens is 358 g/mol. The molecule has 0 aliphatic heterocycles. The van der Waals surface area contributed by atoms with Crippen LogP contribution in [-0.4, -0.2) is 25.4 Å². The van der Waals surface area contributed by atoms with Gasteiger partial charge in [0.1, 0.15) is 11.5 Å². The van der Waals surface area contributed by atoms with Crippen molar-refractivity contribution in [2.75, 3.05) is 14.2 Å². The van der Waals surface area contributed by atoms with Gasteiger partial charge in [-0.15, -0.1) is 12.4 Å². The molecule has 1 fully saturated rings. The van der Waals surface area contributed by atoms with E-state index < -0.39 is 12.1 Å². The molecule has 120 valence electrons. The topological polar surface area (TPSA) is 64.7 Å². The molecule has 1 aliphatic rings. The van der Waals surface area contributed by atoms with Crippen LogP contribution in [0.25, 0.3) is 0 Å². The Bertz CT molecular complexity index is 466. The predicted molar refractivity (Wildman–Crippen MR) is 89.4 cm³/mol. The zero-order valence-electron chi connectivity index (χ0n) is 12.3. The lowest BCUT2D eigenvalue weighted by Gasteiger charge is -2.26. The minimum atomic E-state index is -0.544. The Kier molecular flexibility index (Phi) is 7.27. The van der Waals surface area contributed by atoms with Gasteiger partial charge in [0.25, 0.3) is 0 Å². The molecule has 3 N–H and O–H groups in total. The van der Waals surface area contributed by atoms with Gasteiger partial charge < -0.3 is 20.3 Å². The average molecular weight is 381 g/mol. The van der Waals surface area contributed by atoms with Gasteiger partial charge in [-0.05, 0) is 46.8 Å². The fourth-order valence-corrected chi connectivity index (χ4v) is 3.40. The average Bonchev–Trinajstić information content (AvgIpc) is 2.99. The maximum Gasteiger partial charge on any atom is 0.133 e. The molecule has 0 spiro atoms. The van der Waals surface area contributed by atoms with Gasteiger partial charge >= 0.3 is 0 Å². The molecule has 6 heteroatoms. The number of nitrogens with two attached hydrogens (primary N) is 1. The van der Waals surface area contributed by atoms with E-state index in [-0.39, 0.29) is 18.3 Å². The van der Waals surface area contributed by atoms with E-state index in [9.17, 15) is 5.11 Å². The maximum absolute atomic E-state index is 10.5. The standard InChI is InChI=1S/C15H22BrNO3.ClH/c1-19-12-8-11(16)13(20-2)7-10(12)14(17)15(18)9-5-3-4-6-9;/h7-9,14-15,18H,3-6,17H2,1-2H3;1H/t14-,15+;/m1./s1. The van der Waals surface area contributed by atoms with Crippen LogP contribution >= 0.6 is 28.3 Å². The molecule has 0 radical (unpaired) electrons. The third-order valence-electron chi connectivity index (χ3n) is 4.11. The Morgan fingerprint density at radius 1 is 1.19 bits per heavy atom. The van der Waals surface area contributed by atoms with Gasteiger partial charge in [0.2, 0.25) is 0 Å². The molecule has 4 nitrogen and oxygen atoms in total. The lowest BCUT2D eigenvalue weighted by atomic mass is 9.90. The summed E-state index contributed by atoms with van der Waals surface area (Å²) in [5, 5.41) is 10.5. The van der Waals surface area contributed by atoms with E-state index in [4.69, 9.17) is 15.2 Å². The molecule has 0 amide bonds. The van der Waals surface area contributed by atoms with Gasteiger partial charge in [-0.2, -0.15) is 0 Å². The van der Waals surface area contributed by atoms with E-state index in [1.165, 1.54) is 12.8 Å². The Morgan fingerprint density at radius 2 is 1.76 bits per heavy atom. The van der Waals surface area contributed by atoms with E-state index in [1.54, 1.807) is 14.2 Å². The van der Waals surface area contributed by atoms with E-state index >= 15 is 0 Å². The second-order valence-electron chi connectivity index (χ2n) is 5.29. The number of aliphatic hydroxyl groups excluding tert-OH is 1. The van der Waals surface area contributed by atoms with Crippen LogP contribution in [0.3, 0.4) is 0 Å². The summed E-state index contributed by atoms with van der Waals surface area (Å²) in [6, 6.07) is 3.20. The lowest BCUT2D eigenvalue weighted by Crippen LogP contribution is -2.32. The summed E-state index contributed by atoms with van der Waals surface area (Å²) in [5.41, 5.74) is 7.05. The molecule has 1 aliphatic carbocycles. The number of hydrogen-bond acceptors (Lipinski definition) is 4. The Hall–Kier alpha value is -0.490. The highest BCUT2D eigenvalue weighted by atomic mass is 79.9. The van der Waals surface area contributed by atoms with Gasteiger partial charge in [-0.1, -0.05) is 12.8 Å². The molecule has 2 atom stereocenters. The fourth-order valence-electron chi connectivity index (χ4n) is 2.92. The normalized spacial score (nSPS) is 18.0. The third kappa shape index (κ3) is 4.03. The van der Waals surface area contributed by atoms with Crippen molar-refractivity contribution in [3.8, 4) is 11.5 Å². The number of methoxy groups -OCH3 is 2. The van der Waals surface area contributed by atoms with Crippen LogP contribution in [0.4, 0.5) is 0 Å². The Morgan fingerprint density at radius 3 is 2.29 bits per heavy atom. The minimum Gasteiger partial charge on any atom is -0.496 e. The number of aliphatic hydroxyl groups is 1. The zero-order valence-corrected chi connectivity index (χ0v) is 14.7. The van der Waals surface area contributed by atoms with Gasteiger partial charge in [-0.25, -0.2) is 0 Å². The van der Waals surface area contributed by atoms with Crippen LogP contribution in [0.1, 0.15) is 37.3 Å². The van der Waals surface area contributed by atoms with Crippen LogP contribution in [0.2, 0.25) is 0 Å². The highest BCUT2D eigenvalue weighted by Crippen LogP contribution is 2.39. The van der Waals surface area contributed by atoms with Crippen molar-refractivity contribution in [1.82, 2.24) is 0 Å². The van der Waals surface area contributed by atoms with E-state index in [0.29, 0.717) is 11.5 Å². The monoisotopic (exact) mass is 379 g/mol. The van der Waals surface area contributed by atoms with Gasteiger partial charge in [0.15, 0.2) is 0 Å². The molecule has 0 unspecified atom stereocenters. The van der Waals surface area contributed by atoms with Gasteiger partial charge in [0, 0.05) is 5.56 Å². The van der Waals surface area contributed by atoms with Crippen LogP contribution in [-0.2, 0) is 0 Å². The van der Waals surface area contributed by atoms with E-state index in [1.807, 2.05) is 12.1 Å². The van der Waals surface area contributed by atoms with Crippen LogP contribution in [0.15, 0.2) is 16.6 Å². The summed E-state index contributed by atoms with van der Waals surface area (Å²) in [6.07, 6.45) is 3.90. The van der Waals surface area contributed by atoms with E-state index in [0.717, 1.165) is 22.9 Å². The maximum atomic E-state index is 10.5. The molecule has 21 heavy (non-hydrogen) atoms. The van der Waals surface area contributed by atoms with Gasteiger partial charge in [-0.3, -0.25) is 0 Å². The van der Waals surface area contributed by atoms with Crippen molar-refractivity contribution < 1.29 is 14.6 Å². The first-order chi connectivity index (χ1) is 9.58. The van der Waals surface area contributed by atoms with Crippen LogP contribution in [0.5, 0.6) is 11.5 Å². The largest absolute Gasteiger partial charge is 0.496 e. The Balaban J connectivity index is 0.00000220. The lowest BCUT2D eigenvalue weighted by molar-refractivity contribution is 0.0835. The van der Waals surface area contributed by atoms with Crippen molar-refractivity contribution >= 4 is 28.3 Å². The number of rotatable bonds is 5. The third-order valence-corrected chi connectivity index (χ3v) is 4.73. The zero-order chi connectivity index (χ0) is 14.7. The summed E-state index contributed by atoms with van der Waals surface area (Å²) in [7, 11) is 3.21. The first kappa shape index (κ1) is 18.6. The van der Waals surface area contributed by atoms with Crippen molar-refractivity contribution in [1.29, 1.82) is 0 Å². The van der Waals surface area contributed by atoms with Crippen molar-refractivity contribution in [2.45, 2.75) is 37.8 Å². The molecule has 2 rings (SSSR count). The summed E-state index contributed by atoms with van der Waals surface area (Å²) in [4.78, 5) is 0. The SMILES string of the molecule is COc1cc([C@@H](N)[C@@H](O)C2CCCC2)c(OC)cc1Br.Cl. The summed E-state index contributed by atoms with van der Waals surface area (Å²) < 4.78 is 11.5. The number of ether oxygens (including phenoxy) is 2. The molecule has 0 saturated heterocycles. The highest BCUT2D eigenvalue weighted by molar-refractivity contribution is 9.10. The molecule has 0 heterocycles. The van der Waals surface area contributed by atoms with Crippen molar-refractivity contribution in [3.05, 3.63) is 22.2 Å². The molecule has 1 aromatic carbocycles. The molecule has 0 aromatic heterocycles. The van der Waals surface area contributed by atoms with Crippen molar-refractivity contribution in [3.63, 3.8) is 0 Å². The first-order valence-corrected chi connectivity index (χ1v) is 7.72. The molecule has 0 bridgehead atoms. The first-order valence-electron chi connectivity index (χ1n) is 6.93. The Labute approximate surface area is 140 Å². The van der Waals surface area contributed by atoms with Crippen LogP contribution < -0.4 is 15.2 Å². The van der Waals surface area contributed by atoms with Crippen molar-refractivity contribution in [2.24, 2.45) is 11.7 Å². The fraction of sp³-hybridized carbons (Fsp3) is 0.600. The highest BCUT2D eigenvalue weighted by Gasteiger charge is 2.30. The summed E-state index contributed by atoms with van der Waals surface area (Å²) in [6.45, 7) is 0. The number of hydrogen-bond donors (Lipinski definition) is 2. The number of halogens is 2. The molecular formula is C15H23BrClNO3. The van der Waals surface area contributed by atoms with E-state index in [2.05, 4.69) is 15.9 Å². The molecule has 1 aromatic rings. The second-order valence-corrected chi connectivity index (χ2v) is 6.14. The summed E-state index contributed by atoms with van der Waals surface area (Å²) in [5.74, 6) is 1.64. The predicted octanol–water partition coefficient (Wildman–Crippen LogP) is 3.44.